The fourth-order valence-electron chi connectivity index (χ4n) is 2.31. The first-order valence-electron chi connectivity index (χ1n) is 6.30. The molecule has 2 unspecified atom stereocenters. The van der Waals surface area contributed by atoms with Crippen LogP contribution in [0.1, 0.15) is 26.2 Å². The third kappa shape index (κ3) is 3.09. The number of halogens is 1. The maximum atomic E-state index is 4.34. The van der Waals surface area contributed by atoms with Gasteiger partial charge in [0, 0.05) is 17.8 Å². The summed E-state index contributed by atoms with van der Waals surface area (Å²) in [6, 6.07) is 0.515. The van der Waals surface area contributed by atoms with Crippen molar-refractivity contribution in [1.82, 2.24) is 9.97 Å². The highest BCUT2D eigenvalue weighted by molar-refractivity contribution is 9.10. The molecule has 1 fully saturated rings. The summed E-state index contributed by atoms with van der Waals surface area (Å²) in [6.45, 7) is 2.91. The second kappa shape index (κ2) is 6.61. The predicted molar refractivity (Wildman–Crippen MR) is 82.5 cm³/mol. The Morgan fingerprint density at radius 3 is 2.89 bits per heavy atom. The average Bonchev–Trinajstić information content (AvgIpc) is 2.82. The standard InChI is InChI=1S/C12H19BrN4S/c1-3-14-11-10(13)12(16-7-15-11)17-8-5-4-6-9(8)18-2/h7-9H,3-6H2,1-2H3,(H2,14,15,16,17). The third-order valence-electron chi connectivity index (χ3n) is 3.21. The van der Waals surface area contributed by atoms with Crippen molar-refractivity contribution in [3.05, 3.63) is 10.8 Å². The molecule has 1 heterocycles. The van der Waals surface area contributed by atoms with Crippen LogP contribution in [0.3, 0.4) is 0 Å². The second-order valence-electron chi connectivity index (χ2n) is 4.37. The SMILES string of the molecule is CCNc1ncnc(NC2CCCC2SC)c1Br. The van der Waals surface area contributed by atoms with E-state index >= 15 is 0 Å². The lowest BCUT2D eigenvalue weighted by molar-refractivity contribution is 0.761. The lowest BCUT2D eigenvalue weighted by Crippen LogP contribution is -2.26. The molecule has 18 heavy (non-hydrogen) atoms. The molecule has 2 rings (SSSR count). The molecule has 1 saturated carbocycles. The van der Waals surface area contributed by atoms with Crippen LogP contribution in [0.4, 0.5) is 11.6 Å². The van der Waals surface area contributed by atoms with Crippen LogP contribution in [0, 0.1) is 0 Å². The van der Waals surface area contributed by atoms with Gasteiger partial charge in [-0.3, -0.25) is 0 Å². The lowest BCUT2D eigenvalue weighted by atomic mass is 10.2. The number of nitrogens with zero attached hydrogens (tertiary/aromatic N) is 2. The smallest absolute Gasteiger partial charge is 0.146 e. The summed E-state index contributed by atoms with van der Waals surface area (Å²) in [5.41, 5.74) is 0. The van der Waals surface area contributed by atoms with Gasteiger partial charge in [0.15, 0.2) is 0 Å². The zero-order valence-corrected chi connectivity index (χ0v) is 13.1. The van der Waals surface area contributed by atoms with Gasteiger partial charge in [0.05, 0.1) is 0 Å². The predicted octanol–water partition coefficient (Wildman–Crippen LogP) is 3.37. The highest BCUT2D eigenvalue weighted by Crippen LogP contribution is 2.33. The molecule has 2 N–H and O–H groups in total. The summed E-state index contributed by atoms with van der Waals surface area (Å²) < 4.78 is 0.929. The number of hydrogen-bond donors (Lipinski definition) is 2. The Bertz CT molecular complexity index is 402. The molecular formula is C12H19BrN4S. The highest BCUT2D eigenvalue weighted by atomic mass is 79.9. The van der Waals surface area contributed by atoms with Gasteiger partial charge in [-0.2, -0.15) is 11.8 Å². The molecular weight excluding hydrogens is 312 g/mol. The van der Waals surface area contributed by atoms with Gasteiger partial charge in [0.2, 0.25) is 0 Å². The van der Waals surface area contributed by atoms with Gasteiger partial charge in [-0.15, -0.1) is 0 Å². The van der Waals surface area contributed by atoms with Crippen LogP contribution in [-0.4, -0.2) is 34.1 Å². The van der Waals surface area contributed by atoms with E-state index in [1.807, 2.05) is 11.8 Å². The molecule has 0 aliphatic heterocycles. The van der Waals surface area contributed by atoms with Crippen LogP contribution < -0.4 is 10.6 Å². The molecule has 4 nitrogen and oxygen atoms in total. The van der Waals surface area contributed by atoms with E-state index in [2.05, 4.69) is 49.7 Å². The molecule has 0 saturated heterocycles. The van der Waals surface area contributed by atoms with Crippen molar-refractivity contribution in [2.45, 2.75) is 37.5 Å². The second-order valence-corrected chi connectivity index (χ2v) is 6.24. The van der Waals surface area contributed by atoms with E-state index < -0.39 is 0 Å². The number of hydrogen-bond acceptors (Lipinski definition) is 5. The average molecular weight is 331 g/mol. The number of anilines is 2. The minimum atomic E-state index is 0.515. The molecule has 1 aromatic rings. The van der Waals surface area contributed by atoms with E-state index in [1.54, 1.807) is 6.33 Å². The Morgan fingerprint density at radius 1 is 1.39 bits per heavy atom. The zero-order valence-electron chi connectivity index (χ0n) is 10.7. The van der Waals surface area contributed by atoms with Gasteiger partial charge in [0.25, 0.3) is 0 Å². The molecule has 0 bridgehead atoms. The normalized spacial score (nSPS) is 23.1. The Hall–Kier alpha value is -0.490. The van der Waals surface area contributed by atoms with Crippen molar-refractivity contribution in [1.29, 1.82) is 0 Å². The van der Waals surface area contributed by atoms with Crippen molar-refractivity contribution < 1.29 is 0 Å². The van der Waals surface area contributed by atoms with Gasteiger partial charge >= 0.3 is 0 Å². The topological polar surface area (TPSA) is 49.8 Å². The molecule has 0 radical (unpaired) electrons. The molecule has 0 spiro atoms. The maximum absolute atomic E-state index is 4.34. The molecule has 0 amide bonds. The number of thioether (sulfide) groups is 1. The number of nitrogens with one attached hydrogen (secondary N) is 2. The molecule has 100 valence electrons. The van der Waals surface area contributed by atoms with E-state index in [-0.39, 0.29) is 0 Å². The van der Waals surface area contributed by atoms with Crippen LogP contribution in [-0.2, 0) is 0 Å². The van der Waals surface area contributed by atoms with E-state index in [1.165, 1.54) is 19.3 Å². The summed E-state index contributed by atoms with van der Waals surface area (Å²) in [5, 5.41) is 7.46. The van der Waals surface area contributed by atoms with Crippen molar-refractivity contribution in [2.24, 2.45) is 0 Å². The van der Waals surface area contributed by atoms with Crippen LogP contribution in [0.15, 0.2) is 10.8 Å². The largest absolute Gasteiger partial charge is 0.369 e. The van der Waals surface area contributed by atoms with E-state index in [0.29, 0.717) is 11.3 Å². The Labute approximate surface area is 121 Å². The first-order chi connectivity index (χ1) is 8.76. The van der Waals surface area contributed by atoms with Crippen molar-refractivity contribution in [2.75, 3.05) is 23.4 Å². The monoisotopic (exact) mass is 330 g/mol. The van der Waals surface area contributed by atoms with Crippen LogP contribution in [0.25, 0.3) is 0 Å². The minimum Gasteiger partial charge on any atom is -0.369 e. The highest BCUT2D eigenvalue weighted by Gasteiger charge is 2.27. The molecule has 6 heteroatoms. The van der Waals surface area contributed by atoms with Gasteiger partial charge in [-0.05, 0) is 42.0 Å². The minimum absolute atomic E-state index is 0.515. The van der Waals surface area contributed by atoms with Crippen LogP contribution in [0.2, 0.25) is 0 Å². The van der Waals surface area contributed by atoms with Gasteiger partial charge in [-0.25, -0.2) is 9.97 Å². The summed E-state index contributed by atoms with van der Waals surface area (Å²) in [5.74, 6) is 1.75. The first kappa shape index (κ1) is 13.9. The molecule has 1 aliphatic carbocycles. The molecule has 1 aromatic heterocycles. The zero-order chi connectivity index (χ0) is 13.0. The van der Waals surface area contributed by atoms with Gasteiger partial charge in [0.1, 0.15) is 22.4 Å². The van der Waals surface area contributed by atoms with E-state index in [0.717, 1.165) is 22.7 Å². The third-order valence-corrected chi connectivity index (χ3v) is 5.13. The molecule has 0 aromatic carbocycles. The van der Waals surface area contributed by atoms with Crippen molar-refractivity contribution >= 4 is 39.3 Å². The van der Waals surface area contributed by atoms with Crippen LogP contribution >= 0.6 is 27.7 Å². The van der Waals surface area contributed by atoms with Crippen LogP contribution in [0.5, 0.6) is 0 Å². The Morgan fingerprint density at radius 2 is 2.17 bits per heavy atom. The van der Waals surface area contributed by atoms with Crippen molar-refractivity contribution in [3.63, 3.8) is 0 Å². The maximum Gasteiger partial charge on any atom is 0.146 e. The Balaban J connectivity index is 2.11. The van der Waals surface area contributed by atoms with Gasteiger partial charge in [-0.1, -0.05) is 6.42 Å². The number of aromatic nitrogens is 2. The van der Waals surface area contributed by atoms with Gasteiger partial charge < -0.3 is 10.6 Å². The lowest BCUT2D eigenvalue weighted by Gasteiger charge is -2.20. The summed E-state index contributed by atoms with van der Waals surface area (Å²) in [7, 11) is 0. The van der Waals surface area contributed by atoms with Crippen molar-refractivity contribution in [3.8, 4) is 0 Å². The summed E-state index contributed by atoms with van der Waals surface area (Å²) in [4.78, 5) is 8.56. The molecule has 1 aliphatic rings. The van der Waals surface area contributed by atoms with E-state index in [9.17, 15) is 0 Å². The summed E-state index contributed by atoms with van der Waals surface area (Å²) in [6.07, 6.45) is 7.60. The van der Waals surface area contributed by atoms with E-state index in [4.69, 9.17) is 0 Å². The number of rotatable bonds is 5. The quantitative estimate of drug-likeness (QED) is 0.866. The summed E-state index contributed by atoms with van der Waals surface area (Å²) >= 11 is 5.52. The fraction of sp³-hybridized carbons (Fsp3) is 0.667. The molecule has 2 atom stereocenters. The Kier molecular flexibility index (Phi) is 5.12. The first-order valence-corrected chi connectivity index (χ1v) is 8.38. The fourth-order valence-corrected chi connectivity index (χ4v) is 3.70.